The minimum Gasteiger partial charge on any atom is -0.303 e. The maximum absolute atomic E-state index is 10.4. The minimum absolute atomic E-state index is 0.382. The standard InChI is InChI=1S/C9H15NO/c11-7-8-6-9(8)10-4-2-1-3-5-10/h7-9H,1-6H2. The second-order valence-electron chi connectivity index (χ2n) is 3.70. The maximum atomic E-state index is 10.4. The molecule has 2 rings (SSSR count). The van der Waals surface area contributed by atoms with E-state index in [1.54, 1.807) is 0 Å². The molecule has 2 nitrogen and oxygen atoms in total. The Morgan fingerprint density at radius 2 is 1.91 bits per heavy atom. The van der Waals surface area contributed by atoms with E-state index in [1.165, 1.54) is 32.4 Å². The first-order chi connectivity index (χ1) is 5.42. The fourth-order valence-electron chi connectivity index (χ4n) is 2.02. The molecule has 1 aliphatic carbocycles. The Balaban J connectivity index is 1.81. The predicted molar refractivity (Wildman–Crippen MR) is 43.4 cm³/mol. The summed E-state index contributed by atoms with van der Waals surface area (Å²) in [6.07, 6.45) is 6.31. The highest BCUT2D eigenvalue weighted by molar-refractivity contribution is 5.59. The molecule has 0 N–H and O–H groups in total. The van der Waals surface area contributed by atoms with Crippen LogP contribution in [-0.2, 0) is 4.79 Å². The van der Waals surface area contributed by atoms with E-state index in [2.05, 4.69) is 4.90 Å². The molecule has 0 bridgehead atoms. The van der Waals surface area contributed by atoms with Gasteiger partial charge < -0.3 is 4.79 Å². The molecular weight excluding hydrogens is 138 g/mol. The summed E-state index contributed by atoms with van der Waals surface area (Å²) in [6.45, 7) is 2.46. The molecular formula is C9H15NO. The second kappa shape index (κ2) is 2.94. The normalized spacial score (nSPS) is 38.5. The van der Waals surface area contributed by atoms with Crippen molar-refractivity contribution in [2.75, 3.05) is 13.1 Å². The van der Waals surface area contributed by atoms with Gasteiger partial charge in [-0.2, -0.15) is 0 Å². The molecule has 0 radical (unpaired) electrons. The maximum Gasteiger partial charge on any atom is 0.124 e. The number of nitrogens with zero attached hydrogens (tertiary/aromatic N) is 1. The zero-order valence-corrected chi connectivity index (χ0v) is 6.83. The quantitative estimate of drug-likeness (QED) is 0.553. The van der Waals surface area contributed by atoms with Gasteiger partial charge in [-0.15, -0.1) is 0 Å². The van der Waals surface area contributed by atoms with Crippen molar-refractivity contribution in [3.05, 3.63) is 0 Å². The molecule has 1 heterocycles. The fourth-order valence-corrected chi connectivity index (χ4v) is 2.02. The van der Waals surface area contributed by atoms with Gasteiger partial charge in [0.1, 0.15) is 6.29 Å². The third kappa shape index (κ3) is 1.45. The lowest BCUT2D eigenvalue weighted by atomic mass is 10.1. The Morgan fingerprint density at radius 3 is 2.45 bits per heavy atom. The van der Waals surface area contributed by atoms with Crippen LogP contribution in [0.1, 0.15) is 25.7 Å². The van der Waals surface area contributed by atoms with E-state index in [1.807, 2.05) is 0 Å². The second-order valence-corrected chi connectivity index (χ2v) is 3.70. The summed E-state index contributed by atoms with van der Waals surface area (Å²) < 4.78 is 0. The molecule has 0 aromatic rings. The lowest BCUT2D eigenvalue weighted by Gasteiger charge is -2.26. The summed E-state index contributed by atoms with van der Waals surface area (Å²) in [5.74, 6) is 0.382. The van der Waals surface area contributed by atoms with Gasteiger partial charge in [-0.3, -0.25) is 4.90 Å². The van der Waals surface area contributed by atoms with Crippen LogP contribution < -0.4 is 0 Å². The van der Waals surface area contributed by atoms with Gasteiger partial charge in [-0.25, -0.2) is 0 Å². The van der Waals surface area contributed by atoms with Crippen LogP contribution in [0, 0.1) is 5.92 Å². The molecule has 2 fully saturated rings. The smallest absolute Gasteiger partial charge is 0.124 e. The SMILES string of the molecule is O=CC1CC1N1CCCCC1. The molecule has 62 valence electrons. The minimum atomic E-state index is 0.382. The van der Waals surface area contributed by atoms with Crippen LogP contribution in [0.5, 0.6) is 0 Å². The van der Waals surface area contributed by atoms with Crippen molar-refractivity contribution >= 4 is 6.29 Å². The molecule has 1 saturated heterocycles. The molecule has 0 amide bonds. The lowest BCUT2D eigenvalue weighted by molar-refractivity contribution is -0.109. The Morgan fingerprint density at radius 1 is 1.18 bits per heavy atom. The van der Waals surface area contributed by atoms with Gasteiger partial charge >= 0.3 is 0 Å². The highest BCUT2D eigenvalue weighted by atomic mass is 16.1. The predicted octanol–water partition coefficient (Wildman–Crippen LogP) is 1.06. The molecule has 1 saturated carbocycles. The summed E-state index contributed by atoms with van der Waals surface area (Å²) in [6, 6.07) is 0.632. The average Bonchev–Trinajstić information content (AvgIpc) is 2.85. The van der Waals surface area contributed by atoms with Crippen molar-refractivity contribution in [1.82, 2.24) is 4.90 Å². The van der Waals surface area contributed by atoms with E-state index in [0.717, 1.165) is 12.7 Å². The van der Waals surface area contributed by atoms with E-state index < -0.39 is 0 Å². The molecule has 2 aliphatic rings. The zero-order valence-electron chi connectivity index (χ0n) is 6.83. The van der Waals surface area contributed by atoms with E-state index in [0.29, 0.717) is 12.0 Å². The van der Waals surface area contributed by atoms with Crippen molar-refractivity contribution in [3.63, 3.8) is 0 Å². The Hall–Kier alpha value is -0.370. The third-order valence-corrected chi connectivity index (χ3v) is 2.84. The highest BCUT2D eigenvalue weighted by Gasteiger charge is 2.41. The molecule has 0 spiro atoms. The number of piperidine rings is 1. The topological polar surface area (TPSA) is 20.3 Å². The van der Waals surface area contributed by atoms with E-state index in [4.69, 9.17) is 0 Å². The van der Waals surface area contributed by atoms with E-state index >= 15 is 0 Å². The van der Waals surface area contributed by atoms with Gasteiger partial charge in [-0.05, 0) is 32.4 Å². The molecule has 2 unspecified atom stereocenters. The van der Waals surface area contributed by atoms with Crippen LogP contribution in [0.2, 0.25) is 0 Å². The average molecular weight is 153 g/mol. The van der Waals surface area contributed by atoms with Gasteiger partial charge in [0.2, 0.25) is 0 Å². The van der Waals surface area contributed by atoms with Crippen molar-refractivity contribution in [2.24, 2.45) is 5.92 Å². The van der Waals surface area contributed by atoms with E-state index in [-0.39, 0.29) is 0 Å². The summed E-state index contributed by atoms with van der Waals surface area (Å²) in [5.41, 5.74) is 0. The number of carbonyl (C=O) groups is 1. The first-order valence-corrected chi connectivity index (χ1v) is 4.61. The molecule has 0 aromatic heterocycles. The third-order valence-electron chi connectivity index (χ3n) is 2.84. The van der Waals surface area contributed by atoms with Crippen LogP contribution in [-0.4, -0.2) is 30.3 Å². The number of aldehydes is 1. The number of hydrogen-bond donors (Lipinski definition) is 0. The first kappa shape index (κ1) is 7.29. The van der Waals surface area contributed by atoms with E-state index in [9.17, 15) is 4.79 Å². The van der Waals surface area contributed by atoms with Crippen molar-refractivity contribution in [2.45, 2.75) is 31.7 Å². The zero-order chi connectivity index (χ0) is 7.68. The largest absolute Gasteiger partial charge is 0.303 e. The fraction of sp³-hybridized carbons (Fsp3) is 0.889. The number of likely N-dealkylation sites (tertiary alicyclic amines) is 1. The van der Waals surface area contributed by atoms with Gasteiger partial charge in [-0.1, -0.05) is 6.42 Å². The highest BCUT2D eigenvalue weighted by Crippen LogP contribution is 2.35. The lowest BCUT2D eigenvalue weighted by Crippen LogP contribution is -2.32. The molecule has 0 aromatic carbocycles. The van der Waals surface area contributed by atoms with Crippen LogP contribution in [0.25, 0.3) is 0 Å². The van der Waals surface area contributed by atoms with Gasteiger partial charge in [0, 0.05) is 12.0 Å². The summed E-state index contributed by atoms with van der Waals surface area (Å²) in [7, 11) is 0. The molecule has 11 heavy (non-hydrogen) atoms. The van der Waals surface area contributed by atoms with Gasteiger partial charge in [0.25, 0.3) is 0 Å². The van der Waals surface area contributed by atoms with Crippen molar-refractivity contribution in [3.8, 4) is 0 Å². The van der Waals surface area contributed by atoms with Gasteiger partial charge in [0.15, 0.2) is 0 Å². The Bertz CT molecular complexity index is 152. The first-order valence-electron chi connectivity index (χ1n) is 4.61. The van der Waals surface area contributed by atoms with Crippen LogP contribution in [0.3, 0.4) is 0 Å². The monoisotopic (exact) mass is 153 g/mol. The van der Waals surface area contributed by atoms with Crippen molar-refractivity contribution in [1.29, 1.82) is 0 Å². The number of carbonyl (C=O) groups excluding carboxylic acids is 1. The number of hydrogen-bond acceptors (Lipinski definition) is 2. The molecule has 2 heteroatoms. The summed E-state index contributed by atoms with van der Waals surface area (Å²) in [4.78, 5) is 12.9. The molecule has 2 atom stereocenters. The van der Waals surface area contributed by atoms with Gasteiger partial charge in [0.05, 0.1) is 0 Å². The van der Waals surface area contributed by atoms with Crippen LogP contribution in [0.4, 0.5) is 0 Å². The summed E-state index contributed by atoms with van der Waals surface area (Å²) >= 11 is 0. The molecule has 1 aliphatic heterocycles. The number of rotatable bonds is 2. The van der Waals surface area contributed by atoms with Crippen molar-refractivity contribution < 1.29 is 4.79 Å². The van der Waals surface area contributed by atoms with Crippen LogP contribution >= 0.6 is 0 Å². The Labute approximate surface area is 67.6 Å². The Kier molecular flexibility index (Phi) is 1.95. The van der Waals surface area contributed by atoms with Crippen LogP contribution in [0.15, 0.2) is 0 Å². The summed E-state index contributed by atoms with van der Waals surface area (Å²) in [5, 5.41) is 0.